The largest absolute Gasteiger partial charge is 0.496 e. The molecule has 2 aliphatic rings. The van der Waals surface area contributed by atoms with E-state index in [0.717, 1.165) is 48.3 Å². The van der Waals surface area contributed by atoms with Crippen molar-refractivity contribution in [2.45, 2.75) is 25.4 Å². The molecule has 152 valence electrons. The highest BCUT2D eigenvalue weighted by atomic mass is 16.6. The first-order valence-electron chi connectivity index (χ1n) is 10.1. The van der Waals surface area contributed by atoms with Gasteiger partial charge in [-0.25, -0.2) is 4.98 Å². The first-order valence-corrected chi connectivity index (χ1v) is 10.1. The molecule has 2 aromatic heterocycles. The van der Waals surface area contributed by atoms with Gasteiger partial charge in [0.1, 0.15) is 30.5 Å². The molecule has 0 spiro atoms. The summed E-state index contributed by atoms with van der Waals surface area (Å²) in [4.78, 5) is 7.13. The average molecular weight is 395 g/mol. The molecule has 1 aromatic carbocycles. The molecule has 0 amide bonds. The van der Waals surface area contributed by atoms with Crippen LogP contribution in [0.25, 0.3) is 11.4 Å². The number of imidazole rings is 1. The molecule has 3 aromatic rings. The first kappa shape index (κ1) is 18.1. The maximum Gasteiger partial charge on any atom is 0.165 e. The van der Waals surface area contributed by atoms with Crippen LogP contribution in [0.5, 0.6) is 17.2 Å². The van der Waals surface area contributed by atoms with Gasteiger partial charge >= 0.3 is 0 Å². The second-order valence-electron chi connectivity index (χ2n) is 7.37. The molecule has 1 fully saturated rings. The highest BCUT2D eigenvalue weighted by Gasteiger charge is 2.27. The molecule has 29 heavy (non-hydrogen) atoms. The molecule has 5 rings (SSSR count). The summed E-state index contributed by atoms with van der Waals surface area (Å²) in [5.74, 6) is 3.98. The van der Waals surface area contributed by atoms with Gasteiger partial charge in [0.25, 0.3) is 0 Å². The molecular weight excluding hydrogens is 370 g/mol. The summed E-state index contributed by atoms with van der Waals surface area (Å²) in [6.45, 7) is 4.01. The summed E-state index contributed by atoms with van der Waals surface area (Å²) < 4.78 is 25.1. The lowest BCUT2D eigenvalue weighted by Crippen LogP contribution is -2.29. The molecule has 1 saturated heterocycles. The number of furan rings is 1. The van der Waals surface area contributed by atoms with Crippen molar-refractivity contribution in [3.05, 3.63) is 48.7 Å². The predicted octanol–water partition coefficient (Wildman–Crippen LogP) is 3.76. The van der Waals surface area contributed by atoms with E-state index in [4.69, 9.17) is 18.6 Å². The van der Waals surface area contributed by atoms with E-state index in [1.54, 1.807) is 13.4 Å². The average Bonchev–Trinajstić information content (AvgIpc) is 3.53. The Morgan fingerprint density at radius 3 is 2.66 bits per heavy atom. The van der Waals surface area contributed by atoms with E-state index in [9.17, 15) is 0 Å². The third-order valence-corrected chi connectivity index (χ3v) is 5.64. The van der Waals surface area contributed by atoms with Crippen LogP contribution in [0.4, 0.5) is 0 Å². The van der Waals surface area contributed by atoms with E-state index < -0.39 is 0 Å². The fourth-order valence-corrected chi connectivity index (χ4v) is 4.22. The lowest BCUT2D eigenvalue weighted by Gasteiger charge is -2.27. The number of hydrogen-bond acceptors (Lipinski definition) is 6. The second-order valence-corrected chi connectivity index (χ2v) is 7.37. The van der Waals surface area contributed by atoms with Crippen molar-refractivity contribution in [3.8, 4) is 28.6 Å². The van der Waals surface area contributed by atoms with Crippen molar-refractivity contribution in [1.82, 2.24) is 14.5 Å². The number of hydrogen-bond donors (Lipinski definition) is 0. The third kappa shape index (κ3) is 3.46. The number of ether oxygens (including phenoxy) is 3. The summed E-state index contributed by atoms with van der Waals surface area (Å²) >= 11 is 0. The third-order valence-electron chi connectivity index (χ3n) is 5.64. The minimum atomic E-state index is 0.170. The smallest absolute Gasteiger partial charge is 0.165 e. The molecule has 7 heteroatoms. The Bertz CT molecular complexity index is 961. The van der Waals surface area contributed by atoms with Crippen LogP contribution in [0.1, 0.15) is 24.6 Å². The van der Waals surface area contributed by atoms with Crippen LogP contribution < -0.4 is 14.2 Å². The predicted molar refractivity (Wildman–Crippen MR) is 107 cm³/mol. The second kappa shape index (κ2) is 7.83. The Labute approximate surface area is 169 Å². The molecule has 4 heterocycles. The Morgan fingerprint density at radius 2 is 1.93 bits per heavy atom. The zero-order chi connectivity index (χ0) is 19.6. The van der Waals surface area contributed by atoms with Gasteiger partial charge < -0.3 is 23.2 Å². The van der Waals surface area contributed by atoms with Crippen molar-refractivity contribution in [2.75, 3.05) is 33.4 Å². The molecule has 2 aliphatic heterocycles. The summed E-state index contributed by atoms with van der Waals surface area (Å²) in [5, 5.41) is 0. The number of fused-ring (bicyclic) bond motifs is 1. The zero-order valence-electron chi connectivity index (χ0n) is 16.5. The SMILES string of the molecule is COc1cc2c(cc1-c1nccn1CC(c1ccco1)N1CCCC1)OCCO2. The van der Waals surface area contributed by atoms with Gasteiger partial charge in [0, 0.05) is 25.0 Å². The van der Waals surface area contributed by atoms with E-state index in [1.807, 2.05) is 30.6 Å². The lowest BCUT2D eigenvalue weighted by atomic mass is 10.1. The Morgan fingerprint density at radius 1 is 1.14 bits per heavy atom. The molecular formula is C22H25N3O4. The fraction of sp³-hybridized carbons (Fsp3) is 0.409. The van der Waals surface area contributed by atoms with Crippen LogP contribution in [-0.4, -0.2) is 47.9 Å². The van der Waals surface area contributed by atoms with Crippen LogP contribution in [0, 0.1) is 0 Å². The van der Waals surface area contributed by atoms with Crippen LogP contribution >= 0.6 is 0 Å². The van der Waals surface area contributed by atoms with Gasteiger partial charge in [-0.1, -0.05) is 0 Å². The van der Waals surface area contributed by atoms with Crippen molar-refractivity contribution in [2.24, 2.45) is 0 Å². The molecule has 0 N–H and O–H groups in total. The molecule has 7 nitrogen and oxygen atoms in total. The molecule has 1 atom stereocenters. The number of aromatic nitrogens is 2. The highest BCUT2D eigenvalue weighted by Crippen LogP contribution is 2.41. The van der Waals surface area contributed by atoms with Gasteiger partial charge in [-0.2, -0.15) is 0 Å². The van der Waals surface area contributed by atoms with Crippen molar-refractivity contribution in [3.63, 3.8) is 0 Å². The van der Waals surface area contributed by atoms with Crippen LogP contribution in [0.2, 0.25) is 0 Å². The molecule has 0 saturated carbocycles. The number of likely N-dealkylation sites (tertiary alicyclic amines) is 1. The van der Waals surface area contributed by atoms with Crippen LogP contribution in [-0.2, 0) is 6.54 Å². The monoisotopic (exact) mass is 395 g/mol. The van der Waals surface area contributed by atoms with Gasteiger partial charge in [0.2, 0.25) is 0 Å². The lowest BCUT2D eigenvalue weighted by molar-refractivity contribution is 0.171. The Hall–Kier alpha value is -2.93. The van der Waals surface area contributed by atoms with E-state index in [1.165, 1.54) is 12.8 Å². The molecule has 0 bridgehead atoms. The van der Waals surface area contributed by atoms with E-state index >= 15 is 0 Å². The van der Waals surface area contributed by atoms with Crippen molar-refractivity contribution >= 4 is 0 Å². The first-order chi connectivity index (χ1) is 14.3. The van der Waals surface area contributed by atoms with E-state index in [0.29, 0.717) is 19.0 Å². The van der Waals surface area contributed by atoms with Gasteiger partial charge in [0.15, 0.2) is 11.5 Å². The fourth-order valence-electron chi connectivity index (χ4n) is 4.22. The number of nitrogens with zero attached hydrogens (tertiary/aromatic N) is 3. The summed E-state index contributed by atoms with van der Waals surface area (Å²) in [7, 11) is 1.66. The van der Waals surface area contributed by atoms with Crippen LogP contribution in [0.15, 0.2) is 47.3 Å². The van der Waals surface area contributed by atoms with Gasteiger partial charge in [0.05, 0.1) is 25.0 Å². The highest BCUT2D eigenvalue weighted by molar-refractivity contribution is 5.70. The zero-order valence-corrected chi connectivity index (χ0v) is 16.5. The molecule has 0 aliphatic carbocycles. The standard InChI is InChI=1S/C22H25N3O4/c1-26-19-14-21-20(28-11-12-29-21)13-16(19)22-23-6-9-25(22)15-17(18-5-4-10-27-18)24-7-2-3-8-24/h4-6,9-10,13-14,17H,2-3,7-8,11-12,15H2,1H3. The topological polar surface area (TPSA) is 61.9 Å². The van der Waals surface area contributed by atoms with Crippen LogP contribution in [0.3, 0.4) is 0 Å². The van der Waals surface area contributed by atoms with E-state index in [-0.39, 0.29) is 6.04 Å². The quantitative estimate of drug-likeness (QED) is 0.633. The molecule has 0 radical (unpaired) electrons. The van der Waals surface area contributed by atoms with Gasteiger partial charge in [-0.15, -0.1) is 0 Å². The normalized spacial score (nSPS) is 17.4. The van der Waals surface area contributed by atoms with E-state index in [2.05, 4.69) is 20.5 Å². The van der Waals surface area contributed by atoms with Crippen molar-refractivity contribution in [1.29, 1.82) is 0 Å². The number of methoxy groups -OCH3 is 1. The summed E-state index contributed by atoms with van der Waals surface area (Å²) in [6.07, 6.45) is 8.04. The van der Waals surface area contributed by atoms with Gasteiger partial charge in [-0.05, 0) is 44.1 Å². The van der Waals surface area contributed by atoms with Crippen molar-refractivity contribution < 1.29 is 18.6 Å². The van der Waals surface area contributed by atoms with Gasteiger partial charge in [-0.3, -0.25) is 4.90 Å². The minimum absolute atomic E-state index is 0.170. The Balaban J connectivity index is 1.51. The maximum absolute atomic E-state index is 5.79. The minimum Gasteiger partial charge on any atom is -0.496 e. The number of benzene rings is 1. The maximum atomic E-state index is 5.79. The summed E-state index contributed by atoms with van der Waals surface area (Å²) in [6, 6.07) is 8.03. The summed E-state index contributed by atoms with van der Waals surface area (Å²) in [5.41, 5.74) is 0.890. The molecule has 1 unspecified atom stereocenters. The number of rotatable bonds is 6. The Kier molecular flexibility index (Phi) is 4.89.